The van der Waals surface area contributed by atoms with Gasteiger partial charge >= 0.3 is 0 Å². The van der Waals surface area contributed by atoms with Crippen LogP contribution in [0.2, 0.25) is 0 Å². The summed E-state index contributed by atoms with van der Waals surface area (Å²) in [6, 6.07) is 0. The van der Waals surface area contributed by atoms with E-state index in [4.69, 9.17) is 4.74 Å². The molecule has 0 aliphatic carbocycles. The summed E-state index contributed by atoms with van der Waals surface area (Å²) in [6.45, 7) is 2.06. The summed E-state index contributed by atoms with van der Waals surface area (Å²) in [5.74, 6) is 0. The molecule has 0 saturated carbocycles. The van der Waals surface area contributed by atoms with Gasteiger partial charge in [-0.1, -0.05) is 0 Å². The van der Waals surface area contributed by atoms with Crippen molar-refractivity contribution in [2.75, 3.05) is 0 Å². The maximum Gasteiger partial charge on any atom is 0.278 e. The maximum atomic E-state index is 11.5. The Balaban J connectivity index is 2.06. The highest BCUT2D eigenvalue weighted by Crippen LogP contribution is 2.27. The topological polar surface area (TPSA) is 72.8 Å². The van der Waals surface area contributed by atoms with Crippen LogP contribution in [0.25, 0.3) is 11.2 Å². The molecule has 0 spiro atoms. The quantitative estimate of drug-likeness (QED) is 0.804. The summed E-state index contributed by atoms with van der Waals surface area (Å²) in [4.78, 5) is 22.3. The molecule has 1 aliphatic heterocycles. The largest absolute Gasteiger partial charge is 0.355 e. The summed E-state index contributed by atoms with van der Waals surface area (Å²) >= 11 is 0. The van der Waals surface area contributed by atoms with Crippen molar-refractivity contribution in [2.45, 2.75) is 38.5 Å². The Hall–Kier alpha value is -1.69. The van der Waals surface area contributed by atoms with E-state index < -0.39 is 0 Å². The molecule has 2 aromatic heterocycles. The van der Waals surface area contributed by atoms with E-state index in [0.29, 0.717) is 11.2 Å². The molecule has 1 N–H and O–H groups in total. The highest BCUT2D eigenvalue weighted by atomic mass is 16.5. The van der Waals surface area contributed by atoms with Gasteiger partial charge in [-0.2, -0.15) is 0 Å². The van der Waals surface area contributed by atoms with Crippen LogP contribution in [-0.4, -0.2) is 25.6 Å². The van der Waals surface area contributed by atoms with Gasteiger partial charge < -0.3 is 9.72 Å². The number of hydrogen-bond acceptors (Lipinski definition) is 4. The Morgan fingerprint density at radius 2 is 2.35 bits per heavy atom. The molecule has 1 fully saturated rings. The molecule has 0 amide bonds. The van der Waals surface area contributed by atoms with E-state index in [2.05, 4.69) is 21.9 Å². The van der Waals surface area contributed by atoms with Crippen LogP contribution < -0.4 is 5.56 Å². The Morgan fingerprint density at radius 1 is 1.47 bits per heavy atom. The fourth-order valence-corrected chi connectivity index (χ4v) is 2.26. The molecule has 6 heteroatoms. The molecule has 17 heavy (non-hydrogen) atoms. The van der Waals surface area contributed by atoms with Crippen molar-refractivity contribution in [3.05, 3.63) is 23.0 Å². The molecular formula is C11H14N4O2. The maximum absolute atomic E-state index is 11.5. The first-order valence-corrected chi connectivity index (χ1v) is 5.81. The van der Waals surface area contributed by atoms with Crippen molar-refractivity contribution in [1.29, 1.82) is 0 Å². The van der Waals surface area contributed by atoms with Crippen molar-refractivity contribution in [3.63, 3.8) is 0 Å². The van der Waals surface area contributed by atoms with Gasteiger partial charge in [0.15, 0.2) is 11.2 Å². The molecule has 0 bridgehead atoms. The average Bonchev–Trinajstić information content (AvgIpc) is 2.74. The molecule has 2 aromatic rings. The number of fused-ring (bicyclic) bond motifs is 1. The predicted molar refractivity (Wildman–Crippen MR) is 61.6 cm³/mol. The molecule has 3 heterocycles. The van der Waals surface area contributed by atoms with E-state index in [9.17, 15) is 4.79 Å². The molecule has 1 aliphatic rings. The van der Waals surface area contributed by atoms with Crippen molar-refractivity contribution < 1.29 is 4.74 Å². The molecule has 90 valence electrons. The van der Waals surface area contributed by atoms with E-state index >= 15 is 0 Å². The van der Waals surface area contributed by atoms with Crippen molar-refractivity contribution >= 4 is 11.2 Å². The lowest BCUT2D eigenvalue weighted by molar-refractivity contribution is -0.0788. The normalized spacial score (nSPS) is 25.2. The number of hydrogen-bond donors (Lipinski definition) is 1. The number of rotatable bonds is 1. The lowest BCUT2D eigenvalue weighted by Gasteiger charge is -2.28. The molecule has 2 atom stereocenters. The van der Waals surface area contributed by atoms with Gasteiger partial charge in [0.2, 0.25) is 0 Å². The second kappa shape index (κ2) is 3.96. The first kappa shape index (κ1) is 10.5. The highest BCUT2D eigenvalue weighted by Gasteiger charge is 2.22. The second-order valence-electron chi connectivity index (χ2n) is 4.39. The Kier molecular flexibility index (Phi) is 2.44. The summed E-state index contributed by atoms with van der Waals surface area (Å²) in [5.41, 5.74) is 0.750. The Morgan fingerprint density at radius 3 is 3.18 bits per heavy atom. The molecule has 0 radical (unpaired) electrons. The van der Waals surface area contributed by atoms with Crippen molar-refractivity contribution in [1.82, 2.24) is 19.5 Å². The van der Waals surface area contributed by atoms with Crippen LogP contribution in [0, 0.1) is 0 Å². The zero-order valence-electron chi connectivity index (χ0n) is 9.59. The van der Waals surface area contributed by atoms with Gasteiger partial charge in [-0.3, -0.25) is 9.36 Å². The van der Waals surface area contributed by atoms with Crippen molar-refractivity contribution in [2.24, 2.45) is 0 Å². The number of aromatic nitrogens is 4. The zero-order valence-corrected chi connectivity index (χ0v) is 9.59. The van der Waals surface area contributed by atoms with E-state index in [-0.39, 0.29) is 17.9 Å². The zero-order chi connectivity index (χ0) is 11.8. The third kappa shape index (κ3) is 1.74. The third-order valence-electron chi connectivity index (χ3n) is 3.13. The van der Waals surface area contributed by atoms with Gasteiger partial charge in [0, 0.05) is 0 Å². The van der Waals surface area contributed by atoms with Gasteiger partial charge in [-0.15, -0.1) is 0 Å². The van der Waals surface area contributed by atoms with E-state index in [0.717, 1.165) is 19.3 Å². The van der Waals surface area contributed by atoms with Crippen LogP contribution in [0.1, 0.15) is 32.4 Å². The van der Waals surface area contributed by atoms with Crippen LogP contribution in [0.3, 0.4) is 0 Å². The number of imidazole rings is 1. The Labute approximate surface area is 97.7 Å². The number of nitrogens with zero attached hydrogens (tertiary/aromatic N) is 3. The van der Waals surface area contributed by atoms with Gasteiger partial charge in [-0.25, -0.2) is 9.97 Å². The van der Waals surface area contributed by atoms with Crippen LogP contribution in [0.4, 0.5) is 0 Å². The summed E-state index contributed by atoms with van der Waals surface area (Å²) in [6.07, 6.45) is 6.35. The van der Waals surface area contributed by atoms with Gasteiger partial charge in [0.1, 0.15) is 6.23 Å². The average molecular weight is 234 g/mol. The van der Waals surface area contributed by atoms with E-state index in [1.807, 2.05) is 4.57 Å². The molecule has 3 rings (SSSR count). The Bertz CT molecular complexity index is 588. The van der Waals surface area contributed by atoms with Crippen LogP contribution >= 0.6 is 0 Å². The number of aromatic amines is 1. The first-order valence-electron chi connectivity index (χ1n) is 5.81. The van der Waals surface area contributed by atoms with E-state index in [1.165, 1.54) is 6.33 Å². The SMILES string of the molecule is CC1CCCC(n2cnc3c(=O)[nH]cnc32)O1. The summed E-state index contributed by atoms with van der Waals surface area (Å²) in [5, 5.41) is 0. The highest BCUT2D eigenvalue weighted by molar-refractivity contribution is 5.68. The second-order valence-corrected chi connectivity index (χ2v) is 4.39. The van der Waals surface area contributed by atoms with Crippen LogP contribution in [0.5, 0.6) is 0 Å². The van der Waals surface area contributed by atoms with E-state index in [1.54, 1.807) is 6.33 Å². The molecule has 6 nitrogen and oxygen atoms in total. The van der Waals surface area contributed by atoms with Gasteiger partial charge in [0.05, 0.1) is 18.8 Å². The smallest absolute Gasteiger partial charge is 0.278 e. The van der Waals surface area contributed by atoms with Crippen LogP contribution in [0.15, 0.2) is 17.4 Å². The lowest BCUT2D eigenvalue weighted by Crippen LogP contribution is -2.23. The third-order valence-corrected chi connectivity index (χ3v) is 3.13. The van der Waals surface area contributed by atoms with Gasteiger partial charge in [0.25, 0.3) is 5.56 Å². The molecule has 0 aromatic carbocycles. The minimum atomic E-state index is -0.211. The predicted octanol–water partition coefficient (Wildman–Crippen LogP) is 1.21. The molecule has 1 saturated heterocycles. The summed E-state index contributed by atoms with van der Waals surface area (Å²) < 4.78 is 7.70. The van der Waals surface area contributed by atoms with Crippen LogP contribution in [-0.2, 0) is 4.74 Å². The summed E-state index contributed by atoms with van der Waals surface area (Å²) in [7, 11) is 0. The standard InChI is InChI=1S/C11H14N4O2/c1-7-3-2-4-8(17-7)15-6-14-9-10(15)12-5-13-11(9)16/h5-8H,2-4H2,1H3,(H,12,13,16). The number of ether oxygens (including phenoxy) is 1. The minimum absolute atomic E-state index is 0.0574. The monoisotopic (exact) mass is 234 g/mol. The van der Waals surface area contributed by atoms with Gasteiger partial charge in [-0.05, 0) is 26.2 Å². The fourth-order valence-electron chi connectivity index (χ4n) is 2.26. The fraction of sp³-hybridized carbons (Fsp3) is 0.545. The number of H-pyrrole nitrogens is 1. The van der Waals surface area contributed by atoms with Crippen molar-refractivity contribution in [3.8, 4) is 0 Å². The molecule has 2 unspecified atom stereocenters. The minimum Gasteiger partial charge on any atom is -0.355 e. The lowest BCUT2D eigenvalue weighted by atomic mass is 10.1. The number of nitrogens with one attached hydrogen (secondary N) is 1. The molecular weight excluding hydrogens is 220 g/mol. The first-order chi connectivity index (χ1) is 8.25.